The van der Waals surface area contributed by atoms with Crippen LogP contribution < -0.4 is 15.5 Å². The van der Waals surface area contributed by atoms with E-state index in [1.54, 1.807) is 0 Å². The van der Waals surface area contributed by atoms with Gasteiger partial charge in [-0.05, 0) is 57.0 Å². The van der Waals surface area contributed by atoms with Crippen LogP contribution in [0.5, 0.6) is 0 Å². The lowest BCUT2D eigenvalue weighted by atomic mass is 10.0. The van der Waals surface area contributed by atoms with Crippen molar-refractivity contribution in [2.24, 2.45) is 0 Å². The van der Waals surface area contributed by atoms with Crippen molar-refractivity contribution in [3.8, 4) is 0 Å². The van der Waals surface area contributed by atoms with Crippen LogP contribution in [-0.4, -0.2) is 38.1 Å². The molecule has 1 amide bonds. The zero-order valence-corrected chi connectivity index (χ0v) is 13.4. The van der Waals surface area contributed by atoms with Gasteiger partial charge in [0.05, 0.1) is 0 Å². The molecule has 1 fully saturated rings. The first-order valence-electron chi connectivity index (χ1n) is 7.95. The van der Waals surface area contributed by atoms with Gasteiger partial charge in [-0.25, -0.2) is 0 Å². The van der Waals surface area contributed by atoms with Crippen molar-refractivity contribution in [1.82, 2.24) is 10.6 Å². The van der Waals surface area contributed by atoms with E-state index in [1.807, 2.05) is 24.3 Å². The second kappa shape index (κ2) is 7.46. The molecule has 21 heavy (non-hydrogen) atoms. The Morgan fingerprint density at radius 3 is 2.71 bits per heavy atom. The van der Waals surface area contributed by atoms with Gasteiger partial charge in [-0.15, -0.1) is 0 Å². The summed E-state index contributed by atoms with van der Waals surface area (Å²) in [7, 11) is 2.08. The number of carbonyl (C=O) groups is 1. The van der Waals surface area contributed by atoms with Gasteiger partial charge in [0.15, 0.2) is 0 Å². The Hall–Kier alpha value is -1.55. The van der Waals surface area contributed by atoms with Gasteiger partial charge in [0.1, 0.15) is 0 Å². The van der Waals surface area contributed by atoms with Gasteiger partial charge in [-0.3, -0.25) is 4.79 Å². The number of hydrogen-bond donors (Lipinski definition) is 2. The van der Waals surface area contributed by atoms with Crippen LogP contribution in [-0.2, 0) is 0 Å². The lowest BCUT2D eigenvalue weighted by molar-refractivity contribution is 0.0925. The van der Waals surface area contributed by atoms with Crippen molar-refractivity contribution in [3.05, 3.63) is 29.8 Å². The summed E-state index contributed by atoms with van der Waals surface area (Å²) in [5.74, 6) is 0.0406. The van der Waals surface area contributed by atoms with E-state index >= 15 is 0 Å². The standard InChI is InChI=1S/C17H27N3O/c1-4-11-20(3)16-7-5-14(6-8-16)17(21)19-15-9-10-18-13(2)12-15/h5-8,13,15,18H,4,9-12H2,1-3H3,(H,19,21). The highest BCUT2D eigenvalue weighted by atomic mass is 16.1. The van der Waals surface area contributed by atoms with E-state index in [0.717, 1.165) is 43.6 Å². The molecule has 0 bridgehead atoms. The summed E-state index contributed by atoms with van der Waals surface area (Å²) in [5.41, 5.74) is 1.90. The highest BCUT2D eigenvalue weighted by Gasteiger charge is 2.20. The van der Waals surface area contributed by atoms with E-state index in [9.17, 15) is 4.79 Å². The Kier molecular flexibility index (Phi) is 5.62. The molecule has 1 aliphatic rings. The minimum Gasteiger partial charge on any atom is -0.375 e. The molecular weight excluding hydrogens is 262 g/mol. The number of rotatable bonds is 5. The first-order chi connectivity index (χ1) is 10.1. The van der Waals surface area contributed by atoms with Crippen molar-refractivity contribution in [2.45, 2.75) is 45.2 Å². The van der Waals surface area contributed by atoms with Gasteiger partial charge in [0.25, 0.3) is 5.91 Å². The summed E-state index contributed by atoms with van der Waals surface area (Å²) in [4.78, 5) is 14.5. The Balaban J connectivity index is 1.93. The van der Waals surface area contributed by atoms with E-state index in [4.69, 9.17) is 0 Å². The highest BCUT2D eigenvalue weighted by molar-refractivity contribution is 5.94. The molecule has 2 rings (SSSR count). The molecule has 4 heteroatoms. The summed E-state index contributed by atoms with van der Waals surface area (Å²) < 4.78 is 0. The van der Waals surface area contributed by atoms with Gasteiger partial charge in [0.2, 0.25) is 0 Å². The molecule has 1 aromatic rings. The first kappa shape index (κ1) is 15.8. The van der Waals surface area contributed by atoms with Gasteiger partial charge < -0.3 is 15.5 Å². The number of anilines is 1. The molecule has 0 aromatic heterocycles. The molecule has 2 unspecified atom stereocenters. The predicted octanol–water partition coefficient (Wildman–Crippen LogP) is 2.40. The molecule has 1 aliphatic heterocycles. The van der Waals surface area contributed by atoms with E-state index < -0.39 is 0 Å². The summed E-state index contributed by atoms with van der Waals surface area (Å²) >= 11 is 0. The Morgan fingerprint density at radius 2 is 2.10 bits per heavy atom. The van der Waals surface area contributed by atoms with E-state index in [2.05, 4.69) is 36.4 Å². The van der Waals surface area contributed by atoms with Crippen LogP contribution in [0.25, 0.3) is 0 Å². The average Bonchev–Trinajstić information content (AvgIpc) is 2.47. The first-order valence-corrected chi connectivity index (χ1v) is 7.95. The lowest BCUT2D eigenvalue weighted by Gasteiger charge is -2.28. The SMILES string of the molecule is CCCN(C)c1ccc(C(=O)NC2CCNC(C)C2)cc1. The van der Waals surface area contributed by atoms with Crippen LogP contribution in [0.4, 0.5) is 5.69 Å². The third-order valence-corrected chi connectivity index (χ3v) is 4.09. The minimum atomic E-state index is 0.0406. The molecule has 0 spiro atoms. The molecule has 4 nitrogen and oxygen atoms in total. The third kappa shape index (κ3) is 4.46. The van der Waals surface area contributed by atoms with Crippen LogP contribution >= 0.6 is 0 Å². The zero-order valence-electron chi connectivity index (χ0n) is 13.4. The number of piperidine rings is 1. The van der Waals surface area contributed by atoms with Crippen molar-refractivity contribution in [2.75, 3.05) is 25.0 Å². The summed E-state index contributed by atoms with van der Waals surface area (Å²) in [6.07, 6.45) is 3.13. The Labute approximate surface area is 127 Å². The van der Waals surface area contributed by atoms with Crippen LogP contribution in [0.15, 0.2) is 24.3 Å². The van der Waals surface area contributed by atoms with Crippen molar-refractivity contribution in [3.63, 3.8) is 0 Å². The van der Waals surface area contributed by atoms with Gasteiger partial charge in [-0.1, -0.05) is 6.92 Å². The second-order valence-electron chi connectivity index (χ2n) is 6.02. The molecule has 0 radical (unpaired) electrons. The third-order valence-electron chi connectivity index (χ3n) is 4.09. The number of nitrogens with one attached hydrogen (secondary N) is 2. The molecule has 2 atom stereocenters. The number of benzene rings is 1. The normalized spacial score (nSPS) is 21.9. The van der Waals surface area contributed by atoms with Crippen molar-refractivity contribution in [1.29, 1.82) is 0 Å². The fraction of sp³-hybridized carbons (Fsp3) is 0.588. The largest absolute Gasteiger partial charge is 0.375 e. The molecule has 1 heterocycles. The summed E-state index contributed by atoms with van der Waals surface area (Å²) in [6.45, 7) is 6.33. The number of amides is 1. The second-order valence-corrected chi connectivity index (χ2v) is 6.02. The van der Waals surface area contributed by atoms with Crippen LogP contribution in [0.1, 0.15) is 43.5 Å². The fourth-order valence-electron chi connectivity index (χ4n) is 2.86. The maximum absolute atomic E-state index is 12.3. The maximum atomic E-state index is 12.3. The number of carbonyl (C=O) groups excluding carboxylic acids is 1. The fourth-order valence-corrected chi connectivity index (χ4v) is 2.86. The van der Waals surface area contributed by atoms with Crippen LogP contribution in [0.3, 0.4) is 0 Å². The monoisotopic (exact) mass is 289 g/mol. The lowest BCUT2D eigenvalue weighted by Crippen LogP contribution is -2.46. The van der Waals surface area contributed by atoms with Crippen molar-refractivity contribution < 1.29 is 4.79 Å². The van der Waals surface area contributed by atoms with Crippen LogP contribution in [0.2, 0.25) is 0 Å². The molecule has 2 N–H and O–H groups in total. The van der Waals surface area contributed by atoms with Gasteiger partial charge >= 0.3 is 0 Å². The van der Waals surface area contributed by atoms with E-state index in [1.165, 1.54) is 0 Å². The predicted molar refractivity (Wildman–Crippen MR) is 88.0 cm³/mol. The minimum absolute atomic E-state index is 0.0406. The number of hydrogen-bond acceptors (Lipinski definition) is 3. The zero-order chi connectivity index (χ0) is 15.2. The maximum Gasteiger partial charge on any atom is 0.251 e. The van der Waals surface area contributed by atoms with E-state index in [-0.39, 0.29) is 11.9 Å². The van der Waals surface area contributed by atoms with E-state index in [0.29, 0.717) is 6.04 Å². The van der Waals surface area contributed by atoms with Crippen molar-refractivity contribution >= 4 is 11.6 Å². The highest BCUT2D eigenvalue weighted by Crippen LogP contribution is 2.15. The molecule has 0 saturated carbocycles. The van der Waals surface area contributed by atoms with Crippen LogP contribution in [0, 0.1) is 0 Å². The topological polar surface area (TPSA) is 44.4 Å². The molecule has 1 saturated heterocycles. The Morgan fingerprint density at radius 1 is 1.38 bits per heavy atom. The van der Waals surface area contributed by atoms with Gasteiger partial charge in [-0.2, -0.15) is 0 Å². The summed E-state index contributed by atoms with van der Waals surface area (Å²) in [6, 6.07) is 8.65. The molecular formula is C17H27N3O. The molecule has 0 aliphatic carbocycles. The molecule has 1 aromatic carbocycles. The summed E-state index contributed by atoms with van der Waals surface area (Å²) in [5, 5.41) is 6.55. The molecule has 116 valence electrons. The smallest absolute Gasteiger partial charge is 0.251 e. The van der Waals surface area contributed by atoms with Gasteiger partial charge in [0, 0.05) is 36.9 Å². The Bertz CT molecular complexity index is 458. The average molecular weight is 289 g/mol. The quantitative estimate of drug-likeness (QED) is 0.875. The number of nitrogens with zero attached hydrogens (tertiary/aromatic N) is 1.